The van der Waals surface area contributed by atoms with E-state index in [2.05, 4.69) is 6.58 Å². The summed E-state index contributed by atoms with van der Waals surface area (Å²) >= 11 is 0. The molecular weight excluding hydrogens is 178 g/mol. The van der Waals surface area contributed by atoms with Crippen LogP contribution in [0.3, 0.4) is 0 Å². The lowest BCUT2D eigenvalue weighted by molar-refractivity contribution is -0.138. The van der Waals surface area contributed by atoms with E-state index in [1.165, 1.54) is 0 Å². The smallest absolute Gasteiger partial charge is 0.320 e. The van der Waals surface area contributed by atoms with Crippen molar-refractivity contribution in [2.75, 3.05) is 0 Å². The number of nitrogens with two attached hydrogens (primary N) is 1. The summed E-state index contributed by atoms with van der Waals surface area (Å²) in [6, 6.07) is -0.831. The summed E-state index contributed by atoms with van der Waals surface area (Å²) in [4.78, 5) is 10.5. The fourth-order valence-electron chi connectivity index (χ4n) is 1.01. The minimum Gasteiger partial charge on any atom is -0.480 e. The van der Waals surface area contributed by atoms with E-state index >= 15 is 0 Å². The van der Waals surface area contributed by atoms with E-state index < -0.39 is 12.0 Å². The average molecular weight is 195 g/mol. The van der Waals surface area contributed by atoms with Crippen molar-refractivity contribution in [1.82, 2.24) is 0 Å². The minimum atomic E-state index is -0.973. The van der Waals surface area contributed by atoms with E-state index in [4.69, 9.17) is 10.8 Å². The molecule has 78 valence electrons. The van der Waals surface area contributed by atoms with Crippen molar-refractivity contribution < 1.29 is 9.90 Å². The molecule has 0 fully saturated rings. The number of carboxylic acids is 1. The van der Waals surface area contributed by atoms with Crippen LogP contribution in [-0.4, -0.2) is 17.1 Å². The van der Waals surface area contributed by atoms with Crippen molar-refractivity contribution in [2.45, 2.75) is 25.8 Å². The normalized spacial score (nSPS) is 14.3. The molecule has 3 nitrogen and oxygen atoms in total. The molecule has 0 saturated carbocycles. The van der Waals surface area contributed by atoms with Gasteiger partial charge in [0.25, 0.3) is 0 Å². The van der Waals surface area contributed by atoms with E-state index in [0.717, 1.165) is 12.0 Å². The number of aliphatic carboxylic acids is 1. The summed E-state index contributed by atoms with van der Waals surface area (Å²) in [5.74, 6) is -0.973. The van der Waals surface area contributed by atoms with Gasteiger partial charge in [0.15, 0.2) is 0 Å². The Labute approximate surface area is 84.6 Å². The fraction of sp³-hybridized carbons (Fsp3) is 0.364. The summed E-state index contributed by atoms with van der Waals surface area (Å²) in [5, 5.41) is 8.63. The highest BCUT2D eigenvalue weighted by molar-refractivity contribution is 5.73. The molecule has 1 unspecified atom stereocenters. The largest absolute Gasteiger partial charge is 0.480 e. The third kappa shape index (κ3) is 5.32. The van der Waals surface area contributed by atoms with Crippen LogP contribution in [0.15, 0.2) is 36.5 Å². The second kappa shape index (κ2) is 7.09. The van der Waals surface area contributed by atoms with Crippen LogP contribution < -0.4 is 5.73 Å². The van der Waals surface area contributed by atoms with Crippen LogP contribution in [0.25, 0.3) is 0 Å². The first-order valence-corrected chi connectivity index (χ1v) is 4.58. The standard InChI is InChI=1S/C11H17NO2/c1-3-5-7-9(6-4-2)8-10(12)11(13)14/h3,5-7,10H,1,4,8,12H2,2H3,(H,13,14)/b7-5-,9-6+. The van der Waals surface area contributed by atoms with Crippen LogP contribution in [0.1, 0.15) is 19.8 Å². The molecular formula is C11H17NO2. The first kappa shape index (κ1) is 12.7. The molecule has 0 rings (SSSR count). The van der Waals surface area contributed by atoms with Gasteiger partial charge in [0, 0.05) is 0 Å². The predicted octanol–water partition coefficient (Wildman–Crippen LogP) is 1.87. The van der Waals surface area contributed by atoms with Gasteiger partial charge in [0.2, 0.25) is 0 Å². The SMILES string of the molecule is C=C/C=C\C(=C/CC)CC(N)C(=O)O. The molecule has 0 aliphatic carbocycles. The van der Waals surface area contributed by atoms with E-state index in [-0.39, 0.29) is 0 Å². The molecule has 0 aliphatic rings. The lowest BCUT2D eigenvalue weighted by Gasteiger charge is -2.06. The summed E-state index contributed by atoms with van der Waals surface area (Å²) < 4.78 is 0. The summed E-state index contributed by atoms with van der Waals surface area (Å²) in [6.07, 6.45) is 8.44. The third-order valence-electron chi connectivity index (χ3n) is 1.69. The maximum absolute atomic E-state index is 10.5. The summed E-state index contributed by atoms with van der Waals surface area (Å²) in [5.41, 5.74) is 6.35. The van der Waals surface area contributed by atoms with Gasteiger partial charge >= 0.3 is 5.97 Å². The van der Waals surface area contributed by atoms with E-state index in [9.17, 15) is 4.79 Å². The molecule has 0 heterocycles. The zero-order valence-electron chi connectivity index (χ0n) is 8.44. The van der Waals surface area contributed by atoms with Crippen LogP contribution in [0.5, 0.6) is 0 Å². The molecule has 0 saturated heterocycles. The van der Waals surface area contributed by atoms with Gasteiger partial charge in [0.1, 0.15) is 6.04 Å². The van der Waals surface area contributed by atoms with E-state index in [0.29, 0.717) is 6.42 Å². The Balaban J connectivity index is 4.37. The number of rotatable bonds is 6. The number of carboxylic acid groups (broad SMARTS) is 1. The first-order chi connectivity index (χ1) is 6.61. The maximum atomic E-state index is 10.5. The molecule has 0 aromatic rings. The minimum absolute atomic E-state index is 0.355. The molecule has 3 N–H and O–H groups in total. The van der Waals surface area contributed by atoms with Gasteiger partial charge in [-0.1, -0.05) is 37.8 Å². The average Bonchev–Trinajstić information content (AvgIpc) is 2.14. The van der Waals surface area contributed by atoms with Crippen LogP contribution in [0, 0.1) is 0 Å². The second-order valence-corrected chi connectivity index (χ2v) is 2.93. The Hall–Kier alpha value is -1.35. The molecule has 1 atom stereocenters. The summed E-state index contributed by atoms with van der Waals surface area (Å²) in [7, 11) is 0. The van der Waals surface area contributed by atoms with Crippen molar-refractivity contribution in [1.29, 1.82) is 0 Å². The monoisotopic (exact) mass is 195 g/mol. The van der Waals surface area contributed by atoms with Crippen molar-refractivity contribution in [3.8, 4) is 0 Å². The van der Waals surface area contributed by atoms with Crippen molar-refractivity contribution >= 4 is 5.97 Å². The number of hydrogen-bond acceptors (Lipinski definition) is 2. The lowest BCUT2D eigenvalue weighted by atomic mass is 10.1. The second-order valence-electron chi connectivity index (χ2n) is 2.93. The molecule has 0 bridgehead atoms. The Morgan fingerprint density at radius 1 is 1.64 bits per heavy atom. The highest BCUT2D eigenvalue weighted by Crippen LogP contribution is 2.07. The quantitative estimate of drug-likeness (QED) is 0.636. The van der Waals surface area contributed by atoms with Crippen molar-refractivity contribution in [3.05, 3.63) is 36.5 Å². The van der Waals surface area contributed by atoms with Gasteiger partial charge in [-0.25, -0.2) is 0 Å². The van der Waals surface area contributed by atoms with Gasteiger partial charge in [-0.05, 0) is 18.4 Å². The van der Waals surface area contributed by atoms with E-state index in [1.807, 2.05) is 19.1 Å². The first-order valence-electron chi connectivity index (χ1n) is 4.58. The van der Waals surface area contributed by atoms with Gasteiger partial charge < -0.3 is 10.8 Å². The fourth-order valence-corrected chi connectivity index (χ4v) is 1.01. The van der Waals surface area contributed by atoms with Gasteiger partial charge in [0.05, 0.1) is 0 Å². The van der Waals surface area contributed by atoms with Crippen molar-refractivity contribution in [2.24, 2.45) is 5.73 Å². The zero-order chi connectivity index (χ0) is 11.0. The molecule has 0 aromatic heterocycles. The zero-order valence-corrected chi connectivity index (χ0v) is 8.44. The molecule has 14 heavy (non-hydrogen) atoms. The topological polar surface area (TPSA) is 63.3 Å². The Bertz CT molecular complexity index is 254. The predicted molar refractivity (Wildman–Crippen MR) is 57.9 cm³/mol. The highest BCUT2D eigenvalue weighted by Gasteiger charge is 2.11. The Morgan fingerprint density at radius 3 is 2.71 bits per heavy atom. The maximum Gasteiger partial charge on any atom is 0.320 e. The molecule has 0 aliphatic heterocycles. The van der Waals surface area contributed by atoms with Gasteiger partial charge in [-0.15, -0.1) is 0 Å². The molecule has 0 aromatic carbocycles. The molecule has 3 heteroatoms. The molecule has 0 radical (unpaired) electrons. The Kier molecular flexibility index (Phi) is 6.41. The highest BCUT2D eigenvalue weighted by atomic mass is 16.4. The number of allylic oxidation sites excluding steroid dienone is 4. The van der Waals surface area contributed by atoms with Gasteiger partial charge in [-0.3, -0.25) is 4.79 Å². The molecule has 0 spiro atoms. The van der Waals surface area contributed by atoms with Gasteiger partial charge in [-0.2, -0.15) is 0 Å². The van der Waals surface area contributed by atoms with E-state index in [1.54, 1.807) is 12.2 Å². The van der Waals surface area contributed by atoms with Crippen molar-refractivity contribution in [3.63, 3.8) is 0 Å². The van der Waals surface area contributed by atoms with Crippen LogP contribution in [-0.2, 0) is 4.79 Å². The summed E-state index contributed by atoms with van der Waals surface area (Å²) in [6.45, 7) is 5.54. The third-order valence-corrected chi connectivity index (χ3v) is 1.69. The Morgan fingerprint density at radius 2 is 2.29 bits per heavy atom. The molecule has 0 amide bonds. The number of hydrogen-bond donors (Lipinski definition) is 2. The van der Waals surface area contributed by atoms with Crippen LogP contribution in [0.4, 0.5) is 0 Å². The van der Waals surface area contributed by atoms with Crippen LogP contribution >= 0.6 is 0 Å². The number of carbonyl (C=O) groups is 1. The lowest BCUT2D eigenvalue weighted by Crippen LogP contribution is -2.30. The van der Waals surface area contributed by atoms with Crippen LogP contribution in [0.2, 0.25) is 0 Å².